The van der Waals surface area contributed by atoms with E-state index in [9.17, 15) is 14.9 Å². The first-order valence-electron chi connectivity index (χ1n) is 9.56. The molecular weight excluding hydrogens is 328 g/mol. The molecule has 5 heteroatoms. The molecule has 0 aromatic carbocycles. The van der Waals surface area contributed by atoms with Crippen molar-refractivity contribution < 1.29 is 14.3 Å². The molecule has 2 aliphatic carbocycles. The van der Waals surface area contributed by atoms with E-state index in [0.717, 1.165) is 38.0 Å². The number of rotatable bonds is 4. The molecule has 3 aliphatic rings. The van der Waals surface area contributed by atoms with Gasteiger partial charge in [-0.05, 0) is 43.1 Å². The van der Waals surface area contributed by atoms with E-state index in [2.05, 4.69) is 24.8 Å². The quantitative estimate of drug-likeness (QED) is 0.571. The Morgan fingerprint density at radius 1 is 1.23 bits per heavy atom. The van der Waals surface area contributed by atoms with Crippen molar-refractivity contribution in [3.05, 3.63) is 22.4 Å². The molecule has 1 saturated heterocycles. The SMILES string of the molecule is COCCC1CC(=O)/C(=C2\CC(C)(C)CC(N3CCCC3)=C2C#N)C1=O. The number of hydrogen-bond donors (Lipinski definition) is 0. The van der Waals surface area contributed by atoms with Gasteiger partial charge < -0.3 is 9.64 Å². The van der Waals surface area contributed by atoms with Gasteiger partial charge in [-0.15, -0.1) is 0 Å². The van der Waals surface area contributed by atoms with E-state index >= 15 is 0 Å². The van der Waals surface area contributed by atoms with Gasteiger partial charge in [-0.1, -0.05) is 13.8 Å². The van der Waals surface area contributed by atoms with Gasteiger partial charge in [0.1, 0.15) is 6.07 Å². The van der Waals surface area contributed by atoms with Crippen LogP contribution in [0.5, 0.6) is 0 Å². The summed E-state index contributed by atoms with van der Waals surface area (Å²) < 4.78 is 5.08. The molecule has 2 fully saturated rings. The minimum absolute atomic E-state index is 0.0637. The number of nitriles is 1. The molecule has 5 nitrogen and oxygen atoms in total. The third-order valence-corrected chi connectivity index (χ3v) is 5.79. The van der Waals surface area contributed by atoms with E-state index in [1.807, 2.05) is 0 Å². The Hall–Kier alpha value is -1.93. The number of carbonyl (C=O) groups is 2. The van der Waals surface area contributed by atoms with Crippen LogP contribution < -0.4 is 0 Å². The zero-order valence-corrected chi connectivity index (χ0v) is 16.1. The zero-order valence-electron chi connectivity index (χ0n) is 16.1. The molecule has 0 aromatic rings. The van der Waals surface area contributed by atoms with E-state index in [0.29, 0.717) is 36.2 Å². The van der Waals surface area contributed by atoms with Gasteiger partial charge >= 0.3 is 0 Å². The van der Waals surface area contributed by atoms with Crippen LogP contribution in [-0.2, 0) is 14.3 Å². The fourth-order valence-electron chi connectivity index (χ4n) is 4.52. The molecule has 1 heterocycles. The van der Waals surface area contributed by atoms with Crippen molar-refractivity contribution >= 4 is 11.6 Å². The van der Waals surface area contributed by atoms with Gasteiger partial charge in [0.25, 0.3) is 0 Å². The summed E-state index contributed by atoms with van der Waals surface area (Å²) in [6.07, 6.45) is 4.50. The predicted molar refractivity (Wildman–Crippen MR) is 98.1 cm³/mol. The Kier molecular flexibility index (Phi) is 5.34. The summed E-state index contributed by atoms with van der Waals surface area (Å²) in [6.45, 7) is 6.70. The van der Waals surface area contributed by atoms with Crippen molar-refractivity contribution in [3.8, 4) is 6.07 Å². The van der Waals surface area contributed by atoms with Crippen LogP contribution in [0, 0.1) is 22.7 Å². The van der Waals surface area contributed by atoms with E-state index in [1.54, 1.807) is 7.11 Å². The van der Waals surface area contributed by atoms with Crippen LogP contribution in [0.2, 0.25) is 0 Å². The third kappa shape index (κ3) is 3.48. The number of Topliss-reactive ketones (excluding diaryl/α,β-unsaturated/α-hetero) is 2. The van der Waals surface area contributed by atoms with Crippen molar-refractivity contribution in [1.29, 1.82) is 5.26 Å². The smallest absolute Gasteiger partial charge is 0.170 e. The number of carbonyl (C=O) groups excluding carboxylic acids is 2. The monoisotopic (exact) mass is 356 g/mol. The molecule has 0 amide bonds. The van der Waals surface area contributed by atoms with E-state index in [-0.39, 0.29) is 29.3 Å². The van der Waals surface area contributed by atoms with Crippen molar-refractivity contribution in [1.82, 2.24) is 4.90 Å². The van der Waals surface area contributed by atoms with E-state index < -0.39 is 0 Å². The van der Waals surface area contributed by atoms with Gasteiger partial charge in [0.2, 0.25) is 0 Å². The van der Waals surface area contributed by atoms with Gasteiger partial charge in [-0.3, -0.25) is 9.59 Å². The molecule has 140 valence electrons. The first-order chi connectivity index (χ1) is 12.4. The molecule has 1 aliphatic heterocycles. The lowest BCUT2D eigenvalue weighted by Crippen LogP contribution is -2.31. The number of hydrogen-bond acceptors (Lipinski definition) is 5. The van der Waals surface area contributed by atoms with Crippen LogP contribution in [0.15, 0.2) is 22.4 Å². The lowest BCUT2D eigenvalue weighted by molar-refractivity contribution is -0.118. The number of likely N-dealkylation sites (tertiary alicyclic amines) is 1. The fourth-order valence-corrected chi connectivity index (χ4v) is 4.52. The summed E-state index contributed by atoms with van der Waals surface area (Å²) in [6, 6.07) is 2.35. The predicted octanol–water partition coefficient (Wildman–Crippen LogP) is 3.17. The normalized spacial score (nSPS) is 28.8. The second-order valence-corrected chi connectivity index (χ2v) is 8.47. The average molecular weight is 356 g/mol. The Morgan fingerprint density at radius 3 is 2.54 bits per heavy atom. The highest BCUT2D eigenvalue weighted by Crippen LogP contribution is 2.46. The number of methoxy groups -OCH3 is 1. The maximum absolute atomic E-state index is 12.9. The molecule has 26 heavy (non-hydrogen) atoms. The van der Waals surface area contributed by atoms with Crippen LogP contribution in [0.3, 0.4) is 0 Å². The van der Waals surface area contributed by atoms with Crippen molar-refractivity contribution in [3.63, 3.8) is 0 Å². The molecule has 0 radical (unpaired) electrons. The van der Waals surface area contributed by atoms with Gasteiger partial charge in [0.15, 0.2) is 11.6 Å². The van der Waals surface area contributed by atoms with E-state index in [4.69, 9.17) is 4.74 Å². The molecule has 0 bridgehead atoms. The van der Waals surface area contributed by atoms with Gasteiger partial charge in [0.05, 0.1) is 11.1 Å². The first-order valence-corrected chi connectivity index (χ1v) is 9.56. The highest BCUT2D eigenvalue weighted by atomic mass is 16.5. The topological polar surface area (TPSA) is 70.4 Å². The standard InChI is InChI=1S/C21H28N2O3/c1-21(2)11-15(16(13-22)17(12-21)23-7-4-5-8-23)19-18(24)10-14(20(19)25)6-9-26-3/h14H,4-12H2,1-3H3/b19-15-. The Morgan fingerprint density at radius 2 is 1.92 bits per heavy atom. The highest BCUT2D eigenvalue weighted by Gasteiger charge is 2.42. The lowest BCUT2D eigenvalue weighted by atomic mass is 9.72. The molecule has 1 atom stereocenters. The number of allylic oxidation sites excluding steroid dienone is 4. The summed E-state index contributed by atoms with van der Waals surface area (Å²) in [7, 11) is 1.60. The van der Waals surface area contributed by atoms with Crippen LogP contribution in [0.25, 0.3) is 0 Å². The number of ether oxygens (including phenoxy) is 1. The summed E-state index contributed by atoms with van der Waals surface area (Å²) >= 11 is 0. The molecule has 1 unspecified atom stereocenters. The number of ketones is 2. The summed E-state index contributed by atoms with van der Waals surface area (Å²) in [5.41, 5.74) is 2.54. The van der Waals surface area contributed by atoms with Crippen molar-refractivity contribution in [2.24, 2.45) is 11.3 Å². The molecule has 0 aromatic heterocycles. The van der Waals surface area contributed by atoms with Crippen LogP contribution in [-0.4, -0.2) is 43.3 Å². The minimum atomic E-state index is -0.301. The Bertz CT molecular complexity index is 718. The molecule has 1 saturated carbocycles. The van der Waals surface area contributed by atoms with Crippen molar-refractivity contribution in [2.75, 3.05) is 26.8 Å². The first kappa shape index (κ1) is 18.8. The molecule has 3 rings (SSSR count). The Labute approximate surface area is 155 Å². The maximum Gasteiger partial charge on any atom is 0.170 e. The molecular formula is C21H28N2O3. The summed E-state index contributed by atoms with van der Waals surface area (Å²) in [4.78, 5) is 27.9. The fraction of sp³-hybridized carbons (Fsp3) is 0.667. The lowest BCUT2D eigenvalue weighted by Gasteiger charge is -2.37. The zero-order chi connectivity index (χ0) is 18.9. The average Bonchev–Trinajstić information content (AvgIpc) is 3.20. The summed E-state index contributed by atoms with van der Waals surface area (Å²) in [5.74, 6) is -0.490. The minimum Gasteiger partial charge on any atom is -0.385 e. The van der Waals surface area contributed by atoms with Gasteiger partial charge in [-0.2, -0.15) is 5.26 Å². The second kappa shape index (κ2) is 7.36. The van der Waals surface area contributed by atoms with Crippen LogP contribution >= 0.6 is 0 Å². The van der Waals surface area contributed by atoms with Crippen LogP contribution in [0.1, 0.15) is 52.4 Å². The maximum atomic E-state index is 12.9. The van der Waals surface area contributed by atoms with Gasteiger partial charge in [-0.25, -0.2) is 0 Å². The number of nitrogens with zero attached hydrogens (tertiary/aromatic N) is 2. The van der Waals surface area contributed by atoms with E-state index in [1.165, 1.54) is 0 Å². The molecule has 0 spiro atoms. The van der Waals surface area contributed by atoms with Crippen molar-refractivity contribution in [2.45, 2.75) is 52.4 Å². The molecule has 0 N–H and O–H groups in total. The Balaban J connectivity index is 2.07. The third-order valence-electron chi connectivity index (χ3n) is 5.79. The second-order valence-electron chi connectivity index (χ2n) is 8.47. The summed E-state index contributed by atoms with van der Waals surface area (Å²) in [5, 5.41) is 9.89. The van der Waals surface area contributed by atoms with Crippen LogP contribution in [0.4, 0.5) is 0 Å². The highest BCUT2D eigenvalue weighted by molar-refractivity contribution is 6.27. The largest absolute Gasteiger partial charge is 0.385 e. The van der Waals surface area contributed by atoms with Gasteiger partial charge in [0, 0.05) is 44.8 Å².